The number of likely N-dealkylation sites (tertiary alicyclic amines) is 1. The van der Waals surface area contributed by atoms with Crippen LogP contribution in [0.2, 0.25) is 0 Å². The summed E-state index contributed by atoms with van der Waals surface area (Å²) in [6.07, 6.45) is 3.29. The fraction of sp³-hybridized carbons (Fsp3) is 0.778. The first-order valence-corrected chi connectivity index (χ1v) is 4.94. The zero-order valence-corrected chi connectivity index (χ0v) is 8.24. The van der Waals surface area contributed by atoms with Crippen molar-refractivity contribution >= 4 is 11.8 Å². The standard InChI is InChI=1S/C9H17N3O2/c10-7(9(11)14)6-8(13)12-4-2-1-3-5-12/h7H,1-6,10H2,(H2,11,14)/t7-/m0/s1. The average molecular weight is 199 g/mol. The molecule has 0 radical (unpaired) electrons. The first-order valence-electron chi connectivity index (χ1n) is 4.94. The van der Waals surface area contributed by atoms with E-state index in [0.717, 1.165) is 25.9 Å². The summed E-state index contributed by atoms with van der Waals surface area (Å²) in [5.41, 5.74) is 10.4. The molecule has 1 saturated heterocycles. The van der Waals surface area contributed by atoms with E-state index in [2.05, 4.69) is 0 Å². The summed E-state index contributed by atoms with van der Waals surface area (Å²) >= 11 is 0. The number of hydrogen-bond donors (Lipinski definition) is 2. The van der Waals surface area contributed by atoms with Crippen molar-refractivity contribution in [3.63, 3.8) is 0 Å². The Morgan fingerprint density at radius 1 is 1.21 bits per heavy atom. The monoisotopic (exact) mass is 199 g/mol. The highest BCUT2D eigenvalue weighted by molar-refractivity contribution is 5.87. The van der Waals surface area contributed by atoms with Crippen LogP contribution in [0.1, 0.15) is 25.7 Å². The summed E-state index contributed by atoms with van der Waals surface area (Å²) in [4.78, 5) is 24.0. The largest absolute Gasteiger partial charge is 0.368 e. The van der Waals surface area contributed by atoms with Crippen molar-refractivity contribution in [2.24, 2.45) is 11.5 Å². The quantitative estimate of drug-likeness (QED) is 0.623. The van der Waals surface area contributed by atoms with Gasteiger partial charge in [0, 0.05) is 13.1 Å². The van der Waals surface area contributed by atoms with Crippen LogP contribution in [0.15, 0.2) is 0 Å². The normalized spacial score (nSPS) is 19.1. The van der Waals surface area contributed by atoms with Crippen LogP contribution in [0, 0.1) is 0 Å². The Bertz CT molecular complexity index is 224. The zero-order chi connectivity index (χ0) is 10.6. The van der Waals surface area contributed by atoms with Crippen molar-refractivity contribution in [1.29, 1.82) is 0 Å². The number of nitrogens with two attached hydrogens (primary N) is 2. The molecular weight excluding hydrogens is 182 g/mol. The van der Waals surface area contributed by atoms with Crippen molar-refractivity contribution in [1.82, 2.24) is 4.90 Å². The number of hydrogen-bond acceptors (Lipinski definition) is 3. The molecule has 0 bridgehead atoms. The molecule has 5 nitrogen and oxygen atoms in total. The number of primary amides is 1. The van der Waals surface area contributed by atoms with E-state index < -0.39 is 11.9 Å². The molecule has 5 heteroatoms. The van der Waals surface area contributed by atoms with E-state index in [1.54, 1.807) is 4.90 Å². The molecule has 0 aromatic heterocycles. The summed E-state index contributed by atoms with van der Waals surface area (Å²) in [7, 11) is 0. The number of nitrogens with zero attached hydrogens (tertiary/aromatic N) is 1. The van der Waals surface area contributed by atoms with Gasteiger partial charge in [0.2, 0.25) is 11.8 Å². The maximum atomic E-state index is 11.6. The molecule has 1 rings (SSSR count). The van der Waals surface area contributed by atoms with Crippen molar-refractivity contribution < 1.29 is 9.59 Å². The molecule has 4 N–H and O–H groups in total. The van der Waals surface area contributed by atoms with Gasteiger partial charge in [-0.25, -0.2) is 0 Å². The molecule has 0 aromatic rings. The summed E-state index contributed by atoms with van der Waals surface area (Å²) in [5, 5.41) is 0. The van der Waals surface area contributed by atoms with E-state index in [1.165, 1.54) is 6.42 Å². The molecular formula is C9H17N3O2. The lowest BCUT2D eigenvalue weighted by atomic mass is 10.1. The lowest BCUT2D eigenvalue weighted by molar-refractivity contribution is -0.134. The van der Waals surface area contributed by atoms with Crippen molar-refractivity contribution in [2.45, 2.75) is 31.7 Å². The summed E-state index contributed by atoms with van der Waals surface area (Å²) in [6, 6.07) is -0.843. The highest BCUT2D eigenvalue weighted by atomic mass is 16.2. The first kappa shape index (κ1) is 11.0. The van der Waals surface area contributed by atoms with Gasteiger partial charge in [0.25, 0.3) is 0 Å². The van der Waals surface area contributed by atoms with Gasteiger partial charge < -0.3 is 16.4 Å². The second-order valence-corrected chi connectivity index (χ2v) is 3.65. The van der Waals surface area contributed by atoms with Crippen LogP contribution in [-0.2, 0) is 9.59 Å². The van der Waals surface area contributed by atoms with Gasteiger partial charge in [-0.15, -0.1) is 0 Å². The van der Waals surface area contributed by atoms with Crippen LogP contribution in [0.3, 0.4) is 0 Å². The molecule has 0 aliphatic carbocycles. The number of carbonyl (C=O) groups excluding carboxylic acids is 2. The van der Waals surface area contributed by atoms with Gasteiger partial charge in [0.05, 0.1) is 12.5 Å². The molecule has 80 valence electrons. The van der Waals surface area contributed by atoms with Crippen LogP contribution in [0.4, 0.5) is 0 Å². The molecule has 0 saturated carbocycles. The Balaban J connectivity index is 2.36. The molecule has 1 fully saturated rings. The first-order chi connectivity index (χ1) is 6.61. The number of amides is 2. The Hall–Kier alpha value is -1.10. The van der Waals surface area contributed by atoms with E-state index in [0.29, 0.717) is 0 Å². The minimum Gasteiger partial charge on any atom is -0.368 e. The summed E-state index contributed by atoms with van der Waals surface area (Å²) in [6.45, 7) is 1.56. The third-order valence-electron chi connectivity index (χ3n) is 2.47. The van der Waals surface area contributed by atoms with Gasteiger partial charge in [0.15, 0.2) is 0 Å². The molecule has 0 spiro atoms. The second kappa shape index (κ2) is 4.95. The van der Waals surface area contributed by atoms with Gasteiger partial charge in [-0.1, -0.05) is 0 Å². The van der Waals surface area contributed by atoms with E-state index in [9.17, 15) is 9.59 Å². The lowest BCUT2D eigenvalue weighted by Crippen LogP contribution is -2.43. The Morgan fingerprint density at radius 2 is 1.79 bits per heavy atom. The topological polar surface area (TPSA) is 89.4 Å². The SMILES string of the molecule is NC(=O)[C@@H](N)CC(=O)N1CCCCC1. The van der Waals surface area contributed by atoms with Gasteiger partial charge in [-0.3, -0.25) is 9.59 Å². The average Bonchev–Trinajstić information content (AvgIpc) is 2.19. The fourth-order valence-corrected chi connectivity index (χ4v) is 1.56. The molecule has 0 unspecified atom stereocenters. The summed E-state index contributed by atoms with van der Waals surface area (Å²) in [5.74, 6) is -0.675. The van der Waals surface area contributed by atoms with E-state index in [4.69, 9.17) is 11.5 Å². The number of piperidine rings is 1. The molecule has 14 heavy (non-hydrogen) atoms. The predicted molar refractivity (Wildman–Crippen MR) is 52.2 cm³/mol. The van der Waals surface area contributed by atoms with Gasteiger partial charge in [-0.05, 0) is 19.3 Å². The Labute approximate surface area is 83.4 Å². The molecule has 1 atom stereocenters. The Kier molecular flexibility index (Phi) is 3.88. The highest BCUT2D eigenvalue weighted by Crippen LogP contribution is 2.10. The second-order valence-electron chi connectivity index (χ2n) is 3.65. The minimum absolute atomic E-state index is 0.0370. The number of carbonyl (C=O) groups is 2. The van der Waals surface area contributed by atoms with E-state index in [-0.39, 0.29) is 12.3 Å². The maximum absolute atomic E-state index is 11.6. The van der Waals surface area contributed by atoms with Crippen LogP contribution in [0.25, 0.3) is 0 Å². The smallest absolute Gasteiger partial charge is 0.234 e. The predicted octanol–water partition coefficient (Wildman–Crippen LogP) is -0.798. The van der Waals surface area contributed by atoms with Crippen LogP contribution >= 0.6 is 0 Å². The highest BCUT2D eigenvalue weighted by Gasteiger charge is 2.20. The van der Waals surface area contributed by atoms with Crippen molar-refractivity contribution in [3.05, 3.63) is 0 Å². The van der Waals surface area contributed by atoms with Crippen LogP contribution < -0.4 is 11.5 Å². The molecule has 1 aliphatic heterocycles. The van der Waals surface area contributed by atoms with Gasteiger partial charge >= 0.3 is 0 Å². The number of rotatable bonds is 3. The molecule has 2 amide bonds. The molecule has 0 aromatic carbocycles. The molecule has 1 aliphatic rings. The minimum atomic E-state index is -0.843. The van der Waals surface area contributed by atoms with E-state index in [1.807, 2.05) is 0 Å². The zero-order valence-electron chi connectivity index (χ0n) is 8.24. The third-order valence-corrected chi connectivity index (χ3v) is 2.47. The summed E-state index contributed by atoms with van der Waals surface area (Å²) < 4.78 is 0. The molecule has 1 heterocycles. The Morgan fingerprint density at radius 3 is 2.29 bits per heavy atom. The fourth-order valence-electron chi connectivity index (χ4n) is 1.56. The van der Waals surface area contributed by atoms with E-state index >= 15 is 0 Å². The van der Waals surface area contributed by atoms with Crippen LogP contribution in [-0.4, -0.2) is 35.8 Å². The van der Waals surface area contributed by atoms with Crippen molar-refractivity contribution in [2.75, 3.05) is 13.1 Å². The van der Waals surface area contributed by atoms with Crippen molar-refractivity contribution in [3.8, 4) is 0 Å². The maximum Gasteiger partial charge on any atom is 0.234 e. The van der Waals surface area contributed by atoms with Gasteiger partial charge in [0.1, 0.15) is 0 Å². The third kappa shape index (κ3) is 2.99. The van der Waals surface area contributed by atoms with Gasteiger partial charge in [-0.2, -0.15) is 0 Å². The van der Waals surface area contributed by atoms with Crippen LogP contribution in [0.5, 0.6) is 0 Å². The lowest BCUT2D eigenvalue weighted by Gasteiger charge is -2.27.